The van der Waals surface area contributed by atoms with E-state index in [0.29, 0.717) is 34.5 Å². The van der Waals surface area contributed by atoms with Crippen molar-refractivity contribution in [3.8, 4) is 0 Å². The Morgan fingerprint density at radius 1 is 1.14 bits per heavy atom. The van der Waals surface area contributed by atoms with Crippen molar-refractivity contribution in [2.45, 2.75) is 31.6 Å². The minimum Gasteiger partial charge on any atom is -0.361 e. The van der Waals surface area contributed by atoms with Crippen LogP contribution in [0.3, 0.4) is 0 Å². The summed E-state index contributed by atoms with van der Waals surface area (Å²) in [6, 6.07) is 9.44. The smallest absolute Gasteiger partial charge is 0.361 e. The first-order chi connectivity index (χ1) is 16.4. The maximum atomic E-state index is 14.1. The molecule has 11 heteroatoms. The Kier molecular flexibility index (Phi) is 7.13. The molecule has 1 aromatic heterocycles. The number of aryl methyl sites for hydroxylation is 1. The van der Waals surface area contributed by atoms with Gasteiger partial charge < -0.3 is 9.42 Å². The van der Waals surface area contributed by atoms with Crippen LogP contribution in [0.1, 0.15) is 38.9 Å². The highest BCUT2D eigenvalue weighted by molar-refractivity contribution is 6.42. The molecule has 0 spiro atoms. The second-order valence-corrected chi connectivity index (χ2v) is 9.42. The summed E-state index contributed by atoms with van der Waals surface area (Å²) >= 11 is 12.3. The molecular formula is C24H21Cl2F4N3O2. The third kappa shape index (κ3) is 5.47. The Morgan fingerprint density at radius 2 is 1.89 bits per heavy atom. The number of carbonyl (C=O) groups is 1. The predicted molar refractivity (Wildman–Crippen MR) is 123 cm³/mol. The Hall–Kier alpha value is -2.62. The quantitative estimate of drug-likeness (QED) is 0.370. The van der Waals surface area contributed by atoms with Gasteiger partial charge in [0.2, 0.25) is 0 Å². The molecular weight excluding hydrogens is 509 g/mol. The van der Waals surface area contributed by atoms with Crippen LogP contribution in [0.15, 0.2) is 47.0 Å². The molecule has 1 aliphatic heterocycles. The molecule has 186 valence electrons. The number of carbonyl (C=O) groups excluding carboxylic acids is 1. The predicted octanol–water partition coefficient (Wildman–Crippen LogP) is 6.19. The van der Waals surface area contributed by atoms with E-state index in [1.165, 1.54) is 6.07 Å². The van der Waals surface area contributed by atoms with Crippen molar-refractivity contribution in [2.24, 2.45) is 0 Å². The lowest BCUT2D eigenvalue weighted by Crippen LogP contribution is -2.38. The van der Waals surface area contributed by atoms with Gasteiger partial charge in [-0.05, 0) is 49.4 Å². The van der Waals surface area contributed by atoms with Gasteiger partial charge in [-0.1, -0.05) is 40.5 Å². The molecule has 0 N–H and O–H groups in total. The third-order valence-corrected chi connectivity index (χ3v) is 6.87. The second-order valence-electron chi connectivity index (χ2n) is 8.61. The molecule has 0 bridgehead atoms. The lowest BCUT2D eigenvalue weighted by Gasteiger charge is -2.29. The second kappa shape index (κ2) is 9.79. The van der Waals surface area contributed by atoms with Crippen LogP contribution < -0.4 is 0 Å². The molecule has 0 saturated carbocycles. The normalized spacial score (nSPS) is 18.5. The minimum absolute atomic E-state index is 0.169. The summed E-state index contributed by atoms with van der Waals surface area (Å²) in [5, 5.41) is 4.57. The highest BCUT2D eigenvalue weighted by Gasteiger charge is 2.40. The van der Waals surface area contributed by atoms with Crippen LogP contribution in [0.25, 0.3) is 0 Å². The molecule has 2 atom stereocenters. The number of rotatable bonds is 5. The monoisotopic (exact) mass is 529 g/mol. The first-order valence-electron chi connectivity index (χ1n) is 10.7. The van der Waals surface area contributed by atoms with E-state index in [2.05, 4.69) is 5.16 Å². The van der Waals surface area contributed by atoms with Crippen molar-refractivity contribution in [2.75, 3.05) is 20.1 Å². The maximum absolute atomic E-state index is 14.1. The number of nitrogens with zero attached hydrogens (tertiary/aromatic N) is 3. The molecule has 0 aliphatic carbocycles. The van der Waals surface area contributed by atoms with Crippen molar-refractivity contribution in [3.05, 3.63) is 86.5 Å². The van der Waals surface area contributed by atoms with Crippen LogP contribution in [0.5, 0.6) is 0 Å². The number of halogens is 6. The largest absolute Gasteiger partial charge is 0.419 e. The molecule has 35 heavy (non-hydrogen) atoms. The van der Waals surface area contributed by atoms with Crippen LogP contribution in [-0.4, -0.2) is 47.0 Å². The summed E-state index contributed by atoms with van der Waals surface area (Å²) in [5.41, 5.74) is 0.103. The van der Waals surface area contributed by atoms with E-state index in [0.717, 1.165) is 17.7 Å². The van der Waals surface area contributed by atoms with E-state index in [1.54, 1.807) is 37.1 Å². The minimum atomic E-state index is -4.76. The van der Waals surface area contributed by atoms with E-state index >= 15 is 0 Å². The zero-order chi connectivity index (χ0) is 25.5. The topological polar surface area (TPSA) is 49.6 Å². The van der Waals surface area contributed by atoms with E-state index < -0.39 is 17.6 Å². The highest BCUT2D eigenvalue weighted by atomic mass is 35.5. The average Bonchev–Trinajstić information content (AvgIpc) is 3.41. The van der Waals surface area contributed by atoms with Gasteiger partial charge in [0.25, 0.3) is 5.91 Å². The Labute approximate surface area is 209 Å². The average molecular weight is 530 g/mol. The molecule has 1 saturated heterocycles. The summed E-state index contributed by atoms with van der Waals surface area (Å²) in [6.07, 6.45) is -4.76. The number of likely N-dealkylation sites (N-methyl/N-ethyl adjacent to an activating group) is 1. The molecule has 2 aromatic carbocycles. The molecule has 3 aromatic rings. The number of alkyl halides is 3. The fraction of sp³-hybridized carbons (Fsp3) is 0.333. The molecule has 1 aliphatic rings. The summed E-state index contributed by atoms with van der Waals surface area (Å²) in [6.45, 7) is 2.52. The first kappa shape index (κ1) is 25.5. The van der Waals surface area contributed by atoms with E-state index in [-0.39, 0.29) is 30.1 Å². The number of hydrogen-bond donors (Lipinski definition) is 0. The number of hydrogen-bond acceptors (Lipinski definition) is 4. The number of likely N-dealkylation sites (tertiary alicyclic amines) is 1. The Bertz CT molecular complexity index is 1250. The van der Waals surface area contributed by atoms with Crippen molar-refractivity contribution in [3.63, 3.8) is 0 Å². The lowest BCUT2D eigenvalue weighted by molar-refractivity contribution is -0.140. The van der Waals surface area contributed by atoms with Crippen LogP contribution in [0.4, 0.5) is 17.6 Å². The molecule has 5 nitrogen and oxygen atoms in total. The van der Waals surface area contributed by atoms with Crippen LogP contribution in [0, 0.1) is 12.7 Å². The zero-order valence-corrected chi connectivity index (χ0v) is 20.3. The van der Waals surface area contributed by atoms with Gasteiger partial charge in [0.15, 0.2) is 5.69 Å². The van der Waals surface area contributed by atoms with E-state index in [4.69, 9.17) is 27.7 Å². The summed E-state index contributed by atoms with van der Waals surface area (Å²) in [7, 11) is 1.78. The number of benzene rings is 2. The van der Waals surface area contributed by atoms with Gasteiger partial charge in [-0.25, -0.2) is 4.39 Å². The number of aromatic nitrogens is 1. The molecule has 0 unspecified atom stereocenters. The van der Waals surface area contributed by atoms with Gasteiger partial charge in [0.1, 0.15) is 11.6 Å². The standard InChI is InChI=1S/C24H21Cl2F4N3O2/c1-13-7-21(31-35-13)23(34)33-11-16(15-4-6-18(25)19(26)9-15)22(12-33)32(2)10-14-3-5-17(20(27)8-14)24(28,29)30/h3-9,16,22H,10-12H2,1-2H3/t16-,22-/m1/s1. The summed E-state index contributed by atoms with van der Waals surface area (Å²) < 4.78 is 57.9. The molecule has 1 fully saturated rings. The number of amides is 1. The highest BCUT2D eigenvalue weighted by Crippen LogP contribution is 2.36. The van der Waals surface area contributed by atoms with E-state index in [9.17, 15) is 22.4 Å². The Balaban J connectivity index is 1.60. The fourth-order valence-corrected chi connectivity index (χ4v) is 4.70. The van der Waals surface area contributed by atoms with Crippen LogP contribution in [-0.2, 0) is 12.7 Å². The van der Waals surface area contributed by atoms with Gasteiger partial charge in [-0.2, -0.15) is 13.2 Å². The molecule has 2 heterocycles. The first-order valence-corrected chi connectivity index (χ1v) is 11.4. The van der Waals surface area contributed by atoms with Crippen molar-refractivity contribution >= 4 is 29.1 Å². The Morgan fingerprint density at radius 3 is 2.49 bits per heavy atom. The van der Waals surface area contributed by atoms with Gasteiger partial charge in [-0.15, -0.1) is 0 Å². The van der Waals surface area contributed by atoms with Gasteiger partial charge in [0, 0.05) is 37.7 Å². The van der Waals surface area contributed by atoms with E-state index in [1.807, 2.05) is 11.0 Å². The van der Waals surface area contributed by atoms with Gasteiger partial charge >= 0.3 is 6.18 Å². The van der Waals surface area contributed by atoms with Gasteiger partial charge in [-0.3, -0.25) is 9.69 Å². The third-order valence-electron chi connectivity index (χ3n) is 6.13. The van der Waals surface area contributed by atoms with Crippen molar-refractivity contribution in [1.29, 1.82) is 0 Å². The van der Waals surface area contributed by atoms with Crippen molar-refractivity contribution < 1.29 is 26.9 Å². The molecule has 4 rings (SSSR count). The van der Waals surface area contributed by atoms with Crippen LogP contribution >= 0.6 is 23.2 Å². The maximum Gasteiger partial charge on any atom is 0.419 e. The summed E-state index contributed by atoms with van der Waals surface area (Å²) in [5.74, 6) is -1.31. The molecule has 0 radical (unpaired) electrons. The fourth-order valence-electron chi connectivity index (χ4n) is 4.39. The SMILES string of the molecule is Cc1cc(C(=O)N2C[C@H](c3ccc(Cl)c(Cl)c3)[C@H](N(C)Cc3ccc(C(F)(F)F)c(F)c3)C2)no1. The summed E-state index contributed by atoms with van der Waals surface area (Å²) in [4.78, 5) is 16.6. The molecule has 1 amide bonds. The lowest BCUT2D eigenvalue weighted by atomic mass is 9.93. The zero-order valence-electron chi connectivity index (χ0n) is 18.7. The van der Waals surface area contributed by atoms with Gasteiger partial charge in [0.05, 0.1) is 15.6 Å². The van der Waals surface area contributed by atoms with Crippen LogP contribution in [0.2, 0.25) is 10.0 Å². The van der Waals surface area contributed by atoms with Crippen molar-refractivity contribution in [1.82, 2.24) is 15.0 Å².